The predicted molar refractivity (Wildman–Crippen MR) is 80.9 cm³/mol. The lowest BCUT2D eigenvalue weighted by molar-refractivity contribution is 0.412. The van der Waals surface area contributed by atoms with Gasteiger partial charge in [-0.3, -0.25) is 11.3 Å². The van der Waals surface area contributed by atoms with Crippen molar-refractivity contribution in [3.63, 3.8) is 0 Å². The number of nitrogens with two attached hydrogens (primary N) is 1. The third-order valence-electron chi connectivity index (χ3n) is 3.16. The van der Waals surface area contributed by atoms with E-state index >= 15 is 0 Å². The van der Waals surface area contributed by atoms with Crippen LogP contribution in [0.25, 0.3) is 0 Å². The van der Waals surface area contributed by atoms with E-state index in [1.165, 1.54) is 6.07 Å². The van der Waals surface area contributed by atoms with E-state index < -0.39 is 0 Å². The number of hydrogen-bond donors (Lipinski definition) is 2. The van der Waals surface area contributed by atoms with E-state index in [-0.39, 0.29) is 11.9 Å². The molecule has 0 saturated carbocycles. The molecule has 0 heterocycles. The Labute approximate surface area is 126 Å². The van der Waals surface area contributed by atoms with Crippen molar-refractivity contribution in [2.24, 2.45) is 5.84 Å². The summed E-state index contributed by atoms with van der Waals surface area (Å²) in [6.07, 6.45) is 0.453. The van der Waals surface area contributed by atoms with Gasteiger partial charge in [-0.2, -0.15) is 0 Å². The van der Waals surface area contributed by atoms with E-state index in [9.17, 15) is 4.39 Å². The summed E-state index contributed by atoms with van der Waals surface area (Å²) < 4.78 is 19.9. The summed E-state index contributed by atoms with van der Waals surface area (Å²) in [7, 11) is 1.61. The molecule has 5 heteroatoms. The first kappa shape index (κ1) is 15.0. The normalized spacial score (nSPS) is 12.2. The zero-order valence-corrected chi connectivity index (χ0v) is 12.7. The Morgan fingerprint density at radius 1 is 1.30 bits per heavy atom. The smallest absolute Gasteiger partial charge is 0.126 e. The summed E-state index contributed by atoms with van der Waals surface area (Å²) >= 11 is 3.49. The second kappa shape index (κ2) is 6.83. The van der Waals surface area contributed by atoms with Crippen LogP contribution in [0.3, 0.4) is 0 Å². The maximum absolute atomic E-state index is 13.7. The van der Waals surface area contributed by atoms with Crippen LogP contribution in [0.4, 0.5) is 4.39 Å². The van der Waals surface area contributed by atoms with Gasteiger partial charge in [0.25, 0.3) is 0 Å². The van der Waals surface area contributed by atoms with Gasteiger partial charge in [0.1, 0.15) is 11.6 Å². The number of rotatable bonds is 5. The number of nitrogens with one attached hydrogen (secondary N) is 1. The highest BCUT2D eigenvalue weighted by atomic mass is 79.9. The van der Waals surface area contributed by atoms with Crippen molar-refractivity contribution in [2.75, 3.05) is 7.11 Å². The minimum atomic E-state index is -0.230. The maximum atomic E-state index is 13.7. The molecule has 2 rings (SSSR count). The Morgan fingerprint density at radius 2 is 2.05 bits per heavy atom. The lowest BCUT2D eigenvalue weighted by Gasteiger charge is -2.19. The average molecular weight is 339 g/mol. The monoisotopic (exact) mass is 338 g/mol. The molecule has 0 aliphatic rings. The molecule has 20 heavy (non-hydrogen) atoms. The number of hydrazine groups is 1. The summed E-state index contributed by atoms with van der Waals surface area (Å²) in [4.78, 5) is 0. The number of methoxy groups -OCH3 is 1. The van der Waals surface area contributed by atoms with Gasteiger partial charge in [-0.1, -0.05) is 34.1 Å². The Bertz CT molecular complexity index is 592. The van der Waals surface area contributed by atoms with E-state index in [2.05, 4.69) is 21.4 Å². The van der Waals surface area contributed by atoms with E-state index in [4.69, 9.17) is 10.6 Å². The molecule has 0 spiro atoms. The fourth-order valence-electron chi connectivity index (χ4n) is 2.06. The molecule has 0 amide bonds. The van der Waals surface area contributed by atoms with Crippen LogP contribution in [-0.4, -0.2) is 7.11 Å². The van der Waals surface area contributed by atoms with Crippen molar-refractivity contribution in [1.82, 2.24) is 5.43 Å². The largest absolute Gasteiger partial charge is 0.497 e. The van der Waals surface area contributed by atoms with Crippen LogP contribution in [0.1, 0.15) is 17.2 Å². The van der Waals surface area contributed by atoms with E-state index in [1.807, 2.05) is 24.3 Å². The van der Waals surface area contributed by atoms with Gasteiger partial charge in [-0.05, 0) is 41.8 Å². The second-order valence-corrected chi connectivity index (χ2v) is 5.26. The summed E-state index contributed by atoms with van der Waals surface area (Å²) in [5, 5.41) is 0. The minimum absolute atomic E-state index is 0.212. The Kier molecular flexibility index (Phi) is 5.11. The molecule has 2 aromatic carbocycles. The minimum Gasteiger partial charge on any atom is -0.497 e. The Balaban J connectivity index is 2.31. The molecule has 3 N–H and O–H groups in total. The Morgan fingerprint density at radius 3 is 2.70 bits per heavy atom. The van der Waals surface area contributed by atoms with Crippen molar-refractivity contribution in [3.8, 4) is 5.75 Å². The fraction of sp³-hybridized carbons (Fsp3) is 0.200. The van der Waals surface area contributed by atoms with Gasteiger partial charge in [-0.25, -0.2) is 4.39 Å². The van der Waals surface area contributed by atoms with Gasteiger partial charge in [0.2, 0.25) is 0 Å². The molecule has 0 fully saturated rings. The lowest BCUT2D eigenvalue weighted by atomic mass is 9.99. The highest BCUT2D eigenvalue weighted by Gasteiger charge is 2.16. The number of halogens is 2. The van der Waals surface area contributed by atoms with Crippen molar-refractivity contribution >= 4 is 15.9 Å². The molecule has 2 aromatic rings. The van der Waals surface area contributed by atoms with E-state index in [0.29, 0.717) is 12.0 Å². The molecule has 0 saturated heterocycles. The highest BCUT2D eigenvalue weighted by Crippen LogP contribution is 2.29. The first-order valence-electron chi connectivity index (χ1n) is 6.18. The summed E-state index contributed by atoms with van der Waals surface area (Å²) in [6, 6.07) is 12.1. The van der Waals surface area contributed by atoms with Crippen molar-refractivity contribution < 1.29 is 9.13 Å². The molecule has 0 bridgehead atoms. The van der Waals surface area contributed by atoms with Crippen molar-refractivity contribution in [1.29, 1.82) is 0 Å². The van der Waals surface area contributed by atoms with Crippen LogP contribution in [-0.2, 0) is 6.42 Å². The summed E-state index contributed by atoms with van der Waals surface area (Å²) in [5.74, 6) is 6.13. The lowest BCUT2D eigenvalue weighted by Crippen LogP contribution is -2.30. The van der Waals surface area contributed by atoms with Gasteiger partial charge in [0.05, 0.1) is 13.2 Å². The first-order chi connectivity index (χ1) is 9.65. The van der Waals surface area contributed by atoms with Gasteiger partial charge < -0.3 is 4.74 Å². The zero-order valence-electron chi connectivity index (χ0n) is 11.1. The van der Waals surface area contributed by atoms with Crippen LogP contribution >= 0.6 is 15.9 Å². The number of ether oxygens (including phenoxy) is 1. The molecular formula is C15H16BrFN2O. The molecule has 3 nitrogen and oxygen atoms in total. The van der Waals surface area contributed by atoms with Gasteiger partial charge in [0, 0.05) is 4.47 Å². The highest BCUT2D eigenvalue weighted by molar-refractivity contribution is 9.10. The molecule has 1 unspecified atom stereocenters. The quantitative estimate of drug-likeness (QED) is 0.649. The SMILES string of the molecule is COc1ccc(Br)c(C(Cc2ccccc2F)NN)c1. The van der Waals surface area contributed by atoms with Crippen molar-refractivity contribution in [2.45, 2.75) is 12.5 Å². The van der Waals surface area contributed by atoms with Gasteiger partial charge >= 0.3 is 0 Å². The molecule has 106 valence electrons. The van der Waals surface area contributed by atoms with E-state index in [0.717, 1.165) is 15.8 Å². The molecule has 0 aliphatic heterocycles. The summed E-state index contributed by atoms with van der Waals surface area (Å²) in [6.45, 7) is 0. The number of hydrogen-bond acceptors (Lipinski definition) is 3. The zero-order chi connectivity index (χ0) is 14.5. The predicted octanol–water partition coefficient (Wildman–Crippen LogP) is 3.34. The van der Waals surface area contributed by atoms with Crippen LogP contribution in [0.2, 0.25) is 0 Å². The third kappa shape index (κ3) is 3.36. The summed E-state index contributed by atoms with van der Waals surface area (Å²) in [5.41, 5.74) is 4.28. The molecule has 1 atom stereocenters. The second-order valence-electron chi connectivity index (χ2n) is 4.40. The molecule has 0 aliphatic carbocycles. The van der Waals surface area contributed by atoms with Gasteiger partial charge in [-0.15, -0.1) is 0 Å². The van der Waals surface area contributed by atoms with Crippen LogP contribution < -0.4 is 16.0 Å². The van der Waals surface area contributed by atoms with Crippen LogP contribution in [0.15, 0.2) is 46.9 Å². The molecular weight excluding hydrogens is 323 g/mol. The molecule has 0 radical (unpaired) electrons. The third-order valence-corrected chi connectivity index (χ3v) is 3.88. The Hall–Kier alpha value is -1.43. The molecule has 0 aromatic heterocycles. The standard InChI is InChI=1S/C15H16BrFN2O/c1-20-11-6-7-13(16)12(9-11)15(19-18)8-10-4-2-3-5-14(10)17/h2-7,9,15,19H,8,18H2,1H3. The average Bonchev–Trinajstić information content (AvgIpc) is 2.47. The maximum Gasteiger partial charge on any atom is 0.126 e. The number of benzene rings is 2. The van der Waals surface area contributed by atoms with Crippen molar-refractivity contribution in [3.05, 3.63) is 63.9 Å². The van der Waals surface area contributed by atoms with Gasteiger partial charge in [0.15, 0.2) is 0 Å². The van der Waals surface area contributed by atoms with E-state index in [1.54, 1.807) is 19.2 Å². The first-order valence-corrected chi connectivity index (χ1v) is 6.98. The van der Waals surface area contributed by atoms with Crippen LogP contribution in [0, 0.1) is 5.82 Å². The fourth-order valence-corrected chi connectivity index (χ4v) is 2.58. The topological polar surface area (TPSA) is 47.3 Å². The van der Waals surface area contributed by atoms with Crippen LogP contribution in [0.5, 0.6) is 5.75 Å².